The molecule has 1 heterocycles. The first-order valence-corrected chi connectivity index (χ1v) is 5.74. The van der Waals surface area contributed by atoms with Gasteiger partial charge in [0, 0.05) is 19.6 Å². The first-order valence-electron chi connectivity index (χ1n) is 5.74. The summed E-state index contributed by atoms with van der Waals surface area (Å²) < 4.78 is 0. The van der Waals surface area contributed by atoms with E-state index in [1.54, 1.807) is 0 Å². The van der Waals surface area contributed by atoms with Gasteiger partial charge in [-0.3, -0.25) is 0 Å². The molecule has 0 aliphatic carbocycles. The number of aliphatic hydroxyl groups is 1. The highest BCUT2D eigenvalue weighted by Gasteiger charge is 2.30. The van der Waals surface area contributed by atoms with Gasteiger partial charge in [0.25, 0.3) is 0 Å². The lowest BCUT2D eigenvalue weighted by atomic mass is 9.89. The zero-order valence-corrected chi connectivity index (χ0v) is 9.55. The van der Waals surface area contributed by atoms with Crippen molar-refractivity contribution in [2.45, 2.75) is 26.7 Å². The van der Waals surface area contributed by atoms with E-state index in [-0.39, 0.29) is 6.61 Å². The second-order valence-electron chi connectivity index (χ2n) is 4.74. The van der Waals surface area contributed by atoms with Crippen molar-refractivity contribution in [1.82, 2.24) is 10.2 Å². The van der Waals surface area contributed by atoms with Crippen molar-refractivity contribution in [2.24, 2.45) is 5.41 Å². The van der Waals surface area contributed by atoms with Gasteiger partial charge in [0.1, 0.15) is 0 Å². The summed E-state index contributed by atoms with van der Waals surface area (Å²) in [5.74, 6) is 0. The van der Waals surface area contributed by atoms with Crippen LogP contribution in [0.25, 0.3) is 0 Å². The number of hydrogen-bond acceptors (Lipinski definition) is 3. The van der Waals surface area contributed by atoms with Crippen molar-refractivity contribution < 1.29 is 5.11 Å². The molecule has 3 nitrogen and oxygen atoms in total. The second-order valence-corrected chi connectivity index (χ2v) is 4.74. The van der Waals surface area contributed by atoms with Crippen molar-refractivity contribution in [3.63, 3.8) is 0 Å². The van der Waals surface area contributed by atoms with Gasteiger partial charge in [-0.1, -0.05) is 13.8 Å². The Bertz CT molecular complexity index is 149. The van der Waals surface area contributed by atoms with Crippen LogP contribution < -0.4 is 5.32 Å². The topological polar surface area (TPSA) is 35.5 Å². The van der Waals surface area contributed by atoms with Crippen molar-refractivity contribution in [3.8, 4) is 0 Å². The van der Waals surface area contributed by atoms with Crippen LogP contribution in [0, 0.1) is 5.41 Å². The van der Waals surface area contributed by atoms with Crippen LogP contribution in [0.3, 0.4) is 0 Å². The summed E-state index contributed by atoms with van der Waals surface area (Å²) in [6.45, 7) is 10.1. The number of hydrogen-bond donors (Lipinski definition) is 2. The summed E-state index contributed by atoms with van der Waals surface area (Å²) in [5, 5.41) is 12.4. The predicted molar refractivity (Wildman–Crippen MR) is 59.4 cm³/mol. The van der Waals surface area contributed by atoms with E-state index < -0.39 is 0 Å². The quantitative estimate of drug-likeness (QED) is 0.662. The Labute approximate surface area is 87.5 Å². The minimum Gasteiger partial charge on any atom is -0.395 e. The molecule has 2 N–H and O–H groups in total. The van der Waals surface area contributed by atoms with Gasteiger partial charge in [0.2, 0.25) is 0 Å². The van der Waals surface area contributed by atoms with E-state index >= 15 is 0 Å². The lowest BCUT2D eigenvalue weighted by molar-refractivity contribution is 0.144. The number of nitrogens with one attached hydrogen (secondary N) is 1. The van der Waals surface area contributed by atoms with Gasteiger partial charge in [-0.25, -0.2) is 0 Å². The van der Waals surface area contributed by atoms with Crippen LogP contribution in [0.5, 0.6) is 0 Å². The molecule has 0 aromatic heterocycles. The third-order valence-electron chi connectivity index (χ3n) is 3.02. The van der Waals surface area contributed by atoms with Crippen molar-refractivity contribution in [2.75, 3.05) is 39.3 Å². The van der Waals surface area contributed by atoms with Gasteiger partial charge in [-0.15, -0.1) is 0 Å². The highest BCUT2D eigenvalue weighted by Crippen LogP contribution is 2.25. The van der Waals surface area contributed by atoms with Crippen LogP contribution in [0.4, 0.5) is 0 Å². The maximum atomic E-state index is 8.96. The molecule has 3 heteroatoms. The third kappa shape index (κ3) is 3.56. The molecular formula is C11H24N2O. The van der Waals surface area contributed by atoms with Gasteiger partial charge in [0.05, 0.1) is 6.61 Å². The number of aliphatic hydroxyl groups excluding tert-OH is 1. The molecule has 0 aromatic carbocycles. The Kier molecular flexibility index (Phi) is 4.85. The average molecular weight is 200 g/mol. The Morgan fingerprint density at radius 1 is 1.43 bits per heavy atom. The van der Waals surface area contributed by atoms with Crippen LogP contribution in [0.1, 0.15) is 26.7 Å². The summed E-state index contributed by atoms with van der Waals surface area (Å²) in [6.07, 6.45) is 2.43. The fraction of sp³-hybridized carbons (Fsp3) is 1.00. The fourth-order valence-corrected chi connectivity index (χ4v) is 2.27. The predicted octanol–water partition coefficient (Wildman–Crippen LogP) is 0.690. The van der Waals surface area contributed by atoms with Crippen LogP contribution in [-0.4, -0.2) is 49.3 Å². The van der Waals surface area contributed by atoms with Crippen LogP contribution in [0.15, 0.2) is 0 Å². The molecule has 1 unspecified atom stereocenters. The maximum absolute atomic E-state index is 8.96. The molecule has 14 heavy (non-hydrogen) atoms. The van der Waals surface area contributed by atoms with Gasteiger partial charge >= 0.3 is 0 Å². The van der Waals surface area contributed by atoms with E-state index in [2.05, 4.69) is 24.1 Å². The summed E-state index contributed by atoms with van der Waals surface area (Å²) in [4.78, 5) is 2.38. The van der Waals surface area contributed by atoms with Crippen LogP contribution in [0.2, 0.25) is 0 Å². The van der Waals surface area contributed by atoms with Gasteiger partial charge in [0.15, 0.2) is 0 Å². The number of nitrogens with zero attached hydrogens (tertiary/aromatic N) is 1. The van der Waals surface area contributed by atoms with Gasteiger partial charge in [-0.05, 0) is 31.3 Å². The second kappa shape index (κ2) is 5.69. The lowest BCUT2D eigenvalue weighted by Gasteiger charge is -2.31. The summed E-state index contributed by atoms with van der Waals surface area (Å²) >= 11 is 0. The largest absolute Gasteiger partial charge is 0.395 e. The maximum Gasteiger partial charge on any atom is 0.0558 e. The molecule has 0 saturated carbocycles. The Hall–Kier alpha value is -0.120. The minimum atomic E-state index is 0.281. The van der Waals surface area contributed by atoms with Gasteiger partial charge in [-0.2, -0.15) is 0 Å². The first-order chi connectivity index (χ1) is 6.70. The summed E-state index contributed by atoms with van der Waals surface area (Å²) in [6, 6.07) is 0. The monoisotopic (exact) mass is 200 g/mol. The van der Waals surface area contributed by atoms with Crippen molar-refractivity contribution >= 4 is 0 Å². The molecule has 1 saturated heterocycles. The van der Waals surface area contributed by atoms with E-state index in [1.165, 1.54) is 12.8 Å². The molecule has 0 bridgehead atoms. The molecule has 1 aliphatic rings. The highest BCUT2D eigenvalue weighted by molar-refractivity contribution is 4.86. The lowest BCUT2D eigenvalue weighted by Crippen LogP contribution is -2.39. The standard InChI is InChI=1S/C11H24N2O/c1-3-6-13(7-8-14)10-11(2)4-5-12-9-11/h12,14H,3-10H2,1-2H3. The van der Waals surface area contributed by atoms with Crippen molar-refractivity contribution in [3.05, 3.63) is 0 Å². The van der Waals surface area contributed by atoms with Crippen LogP contribution >= 0.6 is 0 Å². The van der Waals surface area contributed by atoms with E-state index in [1.807, 2.05) is 0 Å². The molecule has 0 spiro atoms. The van der Waals surface area contributed by atoms with Gasteiger partial charge < -0.3 is 15.3 Å². The zero-order chi connectivity index (χ0) is 10.4. The smallest absolute Gasteiger partial charge is 0.0558 e. The first kappa shape index (κ1) is 12.0. The molecule has 0 amide bonds. The fourth-order valence-electron chi connectivity index (χ4n) is 2.27. The minimum absolute atomic E-state index is 0.281. The van der Waals surface area contributed by atoms with E-state index in [4.69, 9.17) is 5.11 Å². The van der Waals surface area contributed by atoms with Crippen LogP contribution in [-0.2, 0) is 0 Å². The van der Waals surface area contributed by atoms with E-state index in [0.717, 1.165) is 32.7 Å². The van der Waals surface area contributed by atoms with E-state index in [9.17, 15) is 0 Å². The molecule has 1 atom stereocenters. The van der Waals surface area contributed by atoms with E-state index in [0.29, 0.717) is 5.41 Å². The number of rotatable bonds is 6. The summed E-state index contributed by atoms with van der Waals surface area (Å²) in [5.41, 5.74) is 0.421. The highest BCUT2D eigenvalue weighted by atomic mass is 16.3. The Morgan fingerprint density at radius 3 is 2.71 bits per heavy atom. The molecule has 1 aliphatic heterocycles. The molecule has 1 rings (SSSR count). The summed E-state index contributed by atoms with van der Waals surface area (Å²) in [7, 11) is 0. The molecule has 0 aromatic rings. The molecule has 1 fully saturated rings. The van der Waals surface area contributed by atoms with Crippen molar-refractivity contribution in [1.29, 1.82) is 0 Å². The average Bonchev–Trinajstić information content (AvgIpc) is 2.53. The Morgan fingerprint density at radius 2 is 2.21 bits per heavy atom. The SMILES string of the molecule is CCCN(CCO)CC1(C)CCNC1. The molecule has 0 radical (unpaired) electrons. The Balaban J connectivity index is 2.36. The zero-order valence-electron chi connectivity index (χ0n) is 9.55. The molecular weight excluding hydrogens is 176 g/mol. The third-order valence-corrected chi connectivity index (χ3v) is 3.02. The normalized spacial score (nSPS) is 27.4. The molecule has 84 valence electrons.